The maximum absolute atomic E-state index is 13.5. The van der Waals surface area contributed by atoms with Gasteiger partial charge < -0.3 is 4.90 Å². The van der Waals surface area contributed by atoms with Crippen molar-refractivity contribution in [2.24, 2.45) is 0 Å². The summed E-state index contributed by atoms with van der Waals surface area (Å²) in [6.07, 6.45) is 2.86. The van der Waals surface area contributed by atoms with Gasteiger partial charge in [0.25, 0.3) is 0 Å². The molecule has 0 spiro atoms. The minimum Gasteiger partial charge on any atom is -0.338 e. The topological polar surface area (TPSA) is 20.3 Å². The van der Waals surface area contributed by atoms with E-state index in [1.165, 1.54) is 12.1 Å². The van der Waals surface area contributed by atoms with Gasteiger partial charge in [0.2, 0.25) is 5.91 Å². The van der Waals surface area contributed by atoms with E-state index in [0.717, 1.165) is 25.3 Å². The molecule has 2 nitrogen and oxygen atoms in total. The second-order valence-electron chi connectivity index (χ2n) is 4.80. The number of amides is 1. The molecule has 0 N–H and O–H groups in total. The van der Waals surface area contributed by atoms with Gasteiger partial charge in [-0.1, -0.05) is 6.07 Å². The minimum absolute atomic E-state index is 0.0337. The van der Waals surface area contributed by atoms with E-state index < -0.39 is 11.6 Å². The van der Waals surface area contributed by atoms with Crippen LogP contribution in [0.5, 0.6) is 0 Å². The molecule has 2 rings (SSSR count). The summed E-state index contributed by atoms with van der Waals surface area (Å²) >= 11 is 5.86. The van der Waals surface area contributed by atoms with Gasteiger partial charge in [0, 0.05) is 24.5 Å². The Hall–Kier alpha value is -1.16. The van der Waals surface area contributed by atoms with Crippen molar-refractivity contribution in [2.45, 2.75) is 31.7 Å². The number of alkyl halides is 1. The van der Waals surface area contributed by atoms with Gasteiger partial charge in [0.15, 0.2) is 0 Å². The third-order valence-electron chi connectivity index (χ3n) is 3.48. The fourth-order valence-electron chi connectivity index (χ4n) is 2.42. The van der Waals surface area contributed by atoms with Crippen LogP contribution in [-0.2, 0) is 11.2 Å². The summed E-state index contributed by atoms with van der Waals surface area (Å²) in [5, 5.41) is 0. The van der Waals surface area contributed by atoms with E-state index in [1.807, 2.05) is 0 Å². The van der Waals surface area contributed by atoms with Crippen LogP contribution in [0.15, 0.2) is 18.2 Å². The van der Waals surface area contributed by atoms with Crippen molar-refractivity contribution < 1.29 is 13.6 Å². The highest BCUT2D eigenvalue weighted by Gasteiger charge is 2.26. The van der Waals surface area contributed by atoms with Gasteiger partial charge in [-0.2, -0.15) is 0 Å². The van der Waals surface area contributed by atoms with Crippen LogP contribution in [0, 0.1) is 11.6 Å². The Kier molecular flexibility index (Phi) is 4.75. The van der Waals surface area contributed by atoms with E-state index in [4.69, 9.17) is 11.6 Å². The molecule has 0 radical (unpaired) electrons. The molecule has 19 heavy (non-hydrogen) atoms. The first-order valence-electron chi connectivity index (χ1n) is 6.41. The van der Waals surface area contributed by atoms with E-state index >= 15 is 0 Å². The molecule has 5 heteroatoms. The summed E-state index contributed by atoms with van der Waals surface area (Å²) in [6, 6.07) is 3.33. The Bertz CT molecular complexity index is 467. The average molecular weight is 288 g/mol. The second-order valence-corrected chi connectivity index (χ2v) is 5.11. The Balaban J connectivity index is 2.07. The number of carbonyl (C=O) groups is 1. The molecule has 104 valence electrons. The smallest absolute Gasteiger partial charge is 0.227 e. The lowest BCUT2D eigenvalue weighted by Gasteiger charge is -2.34. The summed E-state index contributed by atoms with van der Waals surface area (Å²) in [4.78, 5) is 13.9. The van der Waals surface area contributed by atoms with Gasteiger partial charge in [-0.15, -0.1) is 11.6 Å². The molecule has 0 aliphatic carbocycles. The Morgan fingerprint density at radius 1 is 1.37 bits per heavy atom. The molecule has 1 saturated heterocycles. The summed E-state index contributed by atoms with van der Waals surface area (Å²) in [5.41, 5.74) is 0.227. The molecule has 0 aromatic heterocycles. The number of piperidine rings is 1. The van der Waals surface area contributed by atoms with Crippen LogP contribution in [0.25, 0.3) is 0 Å². The molecule has 1 aliphatic rings. The Morgan fingerprint density at radius 3 is 2.84 bits per heavy atom. The van der Waals surface area contributed by atoms with Gasteiger partial charge in [-0.25, -0.2) is 8.78 Å². The van der Waals surface area contributed by atoms with Crippen LogP contribution >= 0.6 is 11.6 Å². The summed E-state index contributed by atoms with van der Waals surface area (Å²) in [5.74, 6) is -1.05. The maximum atomic E-state index is 13.5. The minimum atomic E-state index is -0.673. The summed E-state index contributed by atoms with van der Waals surface area (Å²) < 4.78 is 26.3. The van der Waals surface area contributed by atoms with Gasteiger partial charge in [0.05, 0.1) is 6.42 Å². The molecular weight excluding hydrogens is 272 g/mol. The van der Waals surface area contributed by atoms with Crippen molar-refractivity contribution in [3.63, 3.8) is 0 Å². The second kappa shape index (κ2) is 6.33. The Morgan fingerprint density at radius 2 is 2.16 bits per heavy atom. The van der Waals surface area contributed by atoms with Crippen LogP contribution in [0.2, 0.25) is 0 Å². The number of halogens is 3. The number of hydrogen-bond donors (Lipinski definition) is 0. The number of likely N-dealkylation sites (tertiary alicyclic amines) is 1. The molecule has 1 fully saturated rings. The standard InChI is InChI=1S/C14H16ClF2NO/c15-9-12-3-1-2-6-18(12)14(19)7-10-4-5-11(16)8-13(10)17/h4-5,8,12H,1-3,6-7,9H2. The molecule has 0 saturated carbocycles. The van der Waals surface area contributed by atoms with Crippen molar-refractivity contribution in [1.82, 2.24) is 4.90 Å². The maximum Gasteiger partial charge on any atom is 0.227 e. The van der Waals surface area contributed by atoms with Gasteiger partial charge in [-0.3, -0.25) is 4.79 Å². The fourth-order valence-corrected chi connectivity index (χ4v) is 2.74. The van der Waals surface area contributed by atoms with Crippen molar-refractivity contribution in [3.05, 3.63) is 35.4 Å². The highest BCUT2D eigenvalue weighted by molar-refractivity contribution is 6.18. The SMILES string of the molecule is O=C(Cc1ccc(F)cc1F)N1CCCCC1CCl. The zero-order valence-electron chi connectivity index (χ0n) is 10.5. The third kappa shape index (κ3) is 3.44. The van der Waals surface area contributed by atoms with E-state index in [-0.39, 0.29) is 23.9 Å². The lowest BCUT2D eigenvalue weighted by molar-refractivity contribution is -0.133. The van der Waals surface area contributed by atoms with Crippen molar-refractivity contribution in [1.29, 1.82) is 0 Å². The highest BCUT2D eigenvalue weighted by atomic mass is 35.5. The van der Waals surface area contributed by atoms with Crippen molar-refractivity contribution in [2.75, 3.05) is 12.4 Å². The van der Waals surface area contributed by atoms with Crippen LogP contribution in [0.1, 0.15) is 24.8 Å². The number of carbonyl (C=O) groups excluding carboxylic acids is 1. The molecule has 1 heterocycles. The Labute approximate surface area is 116 Å². The predicted molar refractivity (Wildman–Crippen MR) is 70.1 cm³/mol. The predicted octanol–water partition coefficient (Wildman–Crippen LogP) is 3.13. The van der Waals surface area contributed by atoms with E-state index in [2.05, 4.69) is 0 Å². The summed E-state index contributed by atoms with van der Waals surface area (Å²) in [7, 11) is 0. The van der Waals surface area contributed by atoms with E-state index in [1.54, 1.807) is 4.90 Å². The van der Waals surface area contributed by atoms with E-state index in [0.29, 0.717) is 12.4 Å². The lowest BCUT2D eigenvalue weighted by atomic mass is 10.0. The molecule has 1 atom stereocenters. The van der Waals surface area contributed by atoms with Crippen LogP contribution in [0.4, 0.5) is 8.78 Å². The third-order valence-corrected chi connectivity index (χ3v) is 3.84. The van der Waals surface area contributed by atoms with Crippen LogP contribution in [-0.4, -0.2) is 29.3 Å². The first kappa shape index (κ1) is 14.3. The van der Waals surface area contributed by atoms with Crippen LogP contribution in [0.3, 0.4) is 0 Å². The van der Waals surface area contributed by atoms with Crippen molar-refractivity contribution >= 4 is 17.5 Å². The average Bonchev–Trinajstić information content (AvgIpc) is 2.41. The van der Waals surface area contributed by atoms with Gasteiger partial charge in [0.1, 0.15) is 11.6 Å². The molecule has 1 aromatic rings. The van der Waals surface area contributed by atoms with Crippen LogP contribution < -0.4 is 0 Å². The molecule has 1 unspecified atom stereocenters. The molecule has 0 bridgehead atoms. The monoisotopic (exact) mass is 287 g/mol. The number of rotatable bonds is 3. The zero-order valence-corrected chi connectivity index (χ0v) is 11.3. The largest absolute Gasteiger partial charge is 0.338 e. The quantitative estimate of drug-likeness (QED) is 0.782. The summed E-state index contributed by atoms with van der Waals surface area (Å²) in [6.45, 7) is 0.666. The first-order valence-corrected chi connectivity index (χ1v) is 6.94. The number of nitrogens with zero attached hydrogens (tertiary/aromatic N) is 1. The molecular formula is C14H16ClF2NO. The number of benzene rings is 1. The zero-order chi connectivity index (χ0) is 13.8. The molecule has 1 aromatic carbocycles. The van der Waals surface area contributed by atoms with Crippen molar-refractivity contribution in [3.8, 4) is 0 Å². The molecule has 1 aliphatic heterocycles. The highest BCUT2D eigenvalue weighted by Crippen LogP contribution is 2.20. The first-order chi connectivity index (χ1) is 9.11. The van der Waals surface area contributed by atoms with Gasteiger partial charge in [-0.05, 0) is 30.9 Å². The number of hydrogen-bond acceptors (Lipinski definition) is 1. The normalized spacial score (nSPS) is 19.5. The fraction of sp³-hybridized carbons (Fsp3) is 0.500. The lowest BCUT2D eigenvalue weighted by Crippen LogP contribution is -2.45. The van der Waals surface area contributed by atoms with Gasteiger partial charge >= 0.3 is 0 Å². The molecule has 1 amide bonds. The van der Waals surface area contributed by atoms with E-state index in [9.17, 15) is 13.6 Å².